The van der Waals surface area contributed by atoms with Gasteiger partial charge in [-0.15, -0.1) is 11.3 Å². The van der Waals surface area contributed by atoms with Crippen molar-refractivity contribution in [2.24, 2.45) is 7.05 Å². The lowest BCUT2D eigenvalue weighted by molar-refractivity contribution is -0.0828. The Morgan fingerprint density at radius 3 is 2.61 bits per heavy atom. The maximum Gasteiger partial charge on any atom is 0.290 e. The number of pyridine rings is 3. The minimum Gasteiger partial charge on any atom is -0.392 e. The summed E-state index contributed by atoms with van der Waals surface area (Å²) in [7, 11) is 1.69. The number of rotatable bonds is 7. The Labute approximate surface area is 287 Å². The lowest BCUT2D eigenvalue weighted by Crippen LogP contribution is -2.63. The van der Waals surface area contributed by atoms with Gasteiger partial charge in [0.2, 0.25) is 0 Å². The lowest BCUT2D eigenvalue weighted by Gasteiger charge is -2.50. The number of aliphatic hydroxyl groups excluding tert-OH is 1. The summed E-state index contributed by atoms with van der Waals surface area (Å²) in [6.07, 6.45) is 11.1. The Morgan fingerprint density at radius 1 is 1.02 bits per heavy atom. The van der Waals surface area contributed by atoms with E-state index in [1.165, 1.54) is 19.7 Å². The highest BCUT2D eigenvalue weighted by Gasteiger charge is 2.36. The predicted octanol–water partition coefficient (Wildman–Crippen LogP) is 4.02. The molecule has 2 saturated heterocycles. The largest absolute Gasteiger partial charge is 0.392 e. The van der Waals surface area contributed by atoms with Crippen LogP contribution in [0.4, 0.5) is 17.2 Å². The van der Waals surface area contributed by atoms with Gasteiger partial charge in [-0.2, -0.15) is 9.78 Å². The molecule has 2 atom stereocenters. The fraction of sp³-hybridized carbons (Fsp3) is 0.417. The van der Waals surface area contributed by atoms with Crippen LogP contribution in [-0.2, 0) is 31.2 Å². The van der Waals surface area contributed by atoms with Crippen LogP contribution >= 0.6 is 11.3 Å². The molecule has 1 aliphatic carbocycles. The Morgan fingerprint density at radius 2 is 1.86 bits per heavy atom. The molecule has 5 aromatic heterocycles. The van der Waals surface area contributed by atoms with Crippen molar-refractivity contribution in [3.8, 4) is 16.9 Å². The van der Waals surface area contributed by atoms with Crippen molar-refractivity contribution >= 4 is 38.6 Å². The molecule has 2 aliphatic heterocycles. The van der Waals surface area contributed by atoms with Crippen LogP contribution in [-0.4, -0.2) is 78.8 Å². The molecule has 0 spiro atoms. The molecule has 0 bridgehead atoms. The molecule has 13 heteroatoms. The highest BCUT2D eigenvalue weighted by molar-refractivity contribution is 7.19. The molecule has 2 N–H and O–H groups in total. The van der Waals surface area contributed by atoms with E-state index >= 15 is 0 Å². The summed E-state index contributed by atoms with van der Waals surface area (Å²) in [5, 5.41) is 19.3. The van der Waals surface area contributed by atoms with E-state index in [-0.39, 0.29) is 23.5 Å². The number of nitrogens with one attached hydrogen (secondary N) is 1. The van der Waals surface area contributed by atoms with Crippen molar-refractivity contribution in [3.63, 3.8) is 0 Å². The number of hydrogen-bond acceptors (Lipinski definition) is 11. The van der Waals surface area contributed by atoms with E-state index < -0.39 is 0 Å². The zero-order chi connectivity index (χ0) is 33.8. The average Bonchev–Trinajstić information content (AvgIpc) is 3.47. The number of hydrogen-bond donors (Lipinski definition) is 2. The van der Waals surface area contributed by atoms with Gasteiger partial charge < -0.3 is 24.6 Å². The van der Waals surface area contributed by atoms with Crippen molar-refractivity contribution in [1.82, 2.24) is 29.2 Å². The van der Waals surface area contributed by atoms with Gasteiger partial charge in [-0.1, -0.05) is 0 Å². The first kappa shape index (κ1) is 31.8. The van der Waals surface area contributed by atoms with Crippen molar-refractivity contribution in [1.29, 1.82) is 0 Å². The fourth-order valence-corrected chi connectivity index (χ4v) is 8.83. The van der Waals surface area contributed by atoms with E-state index in [4.69, 9.17) is 4.74 Å². The van der Waals surface area contributed by atoms with Crippen molar-refractivity contribution < 1.29 is 9.84 Å². The minimum atomic E-state index is -0.375. The van der Waals surface area contributed by atoms with E-state index in [0.717, 1.165) is 63.1 Å². The first-order valence-electron chi connectivity index (χ1n) is 17.0. The van der Waals surface area contributed by atoms with Gasteiger partial charge in [0.25, 0.3) is 11.1 Å². The number of ether oxygens (including phenoxy) is 1. The number of nitrogens with zero attached hydrogens (tertiary/aromatic N) is 7. The van der Waals surface area contributed by atoms with Gasteiger partial charge in [-0.05, 0) is 74.9 Å². The van der Waals surface area contributed by atoms with Gasteiger partial charge >= 0.3 is 0 Å². The number of thiophene rings is 1. The summed E-state index contributed by atoms with van der Waals surface area (Å²) in [6.45, 7) is 7.63. The first-order valence-corrected chi connectivity index (χ1v) is 17.8. The normalized spacial score (nSPS) is 20.0. The zero-order valence-electron chi connectivity index (χ0n) is 27.9. The van der Waals surface area contributed by atoms with Crippen LogP contribution in [0.2, 0.25) is 0 Å². The molecule has 12 nitrogen and oxygen atoms in total. The number of aryl methyl sites for hydroxylation is 3. The standard InChI is InChI=1S/C36H40N8O4S/c1-21-16-43(25-19-48-20-25)22(2)15-42(21)24-8-9-32(38-13-24)40-30-12-23(17-41(3)35(30)46)26-10-11-37-34(29(26)18-45)44-36(47)33-28(14-39-44)27-6-4-5-7-31(27)49-33/h8-14,17,21-22,25,45H,4-7,15-16,18-20H2,1-3H3,(H,38,40)/t21-,22+/m0/s1. The first-order chi connectivity index (χ1) is 23.8. The molecule has 254 valence electrons. The third-order valence-corrected chi connectivity index (χ3v) is 11.5. The van der Waals surface area contributed by atoms with E-state index in [2.05, 4.69) is 44.0 Å². The van der Waals surface area contributed by atoms with Gasteiger partial charge in [-0.25, -0.2) is 9.97 Å². The Kier molecular flexibility index (Phi) is 8.30. The van der Waals surface area contributed by atoms with Gasteiger partial charge in [0.05, 0.1) is 43.9 Å². The summed E-state index contributed by atoms with van der Waals surface area (Å²) in [5.74, 6) is 0.814. The minimum absolute atomic E-state index is 0.224. The molecule has 0 unspecified atom stereocenters. The van der Waals surface area contributed by atoms with Crippen LogP contribution in [0, 0.1) is 0 Å². The second-order valence-corrected chi connectivity index (χ2v) is 14.6. The zero-order valence-corrected chi connectivity index (χ0v) is 28.7. The van der Waals surface area contributed by atoms with Crippen LogP contribution in [0.25, 0.3) is 27.0 Å². The van der Waals surface area contributed by atoms with Crippen molar-refractivity contribution in [2.45, 2.75) is 64.3 Å². The lowest BCUT2D eigenvalue weighted by atomic mass is 9.97. The summed E-state index contributed by atoms with van der Waals surface area (Å²) in [6, 6.07) is 8.70. The second kappa shape index (κ2) is 12.8. The topological polar surface area (TPSA) is 131 Å². The monoisotopic (exact) mass is 680 g/mol. The summed E-state index contributed by atoms with van der Waals surface area (Å²) < 4.78 is 8.88. The van der Waals surface area contributed by atoms with Crippen molar-refractivity contribution in [2.75, 3.05) is 36.5 Å². The molecule has 0 aromatic carbocycles. The molecule has 7 heterocycles. The van der Waals surface area contributed by atoms with E-state index in [1.807, 2.05) is 18.3 Å². The number of aromatic nitrogens is 5. The Balaban J connectivity index is 1.08. The Hall–Kier alpha value is -4.43. The number of fused-ring (bicyclic) bond motifs is 3. The predicted molar refractivity (Wildman–Crippen MR) is 191 cm³/mol. The summed E-state index contributed by atoms with van der Waals surface area (Å²) in [5.41, 5.74) is 3.91. The van der Waals surface area contributed by atoms with Gasteiger partial charge in [0.1, 0.15) is 16.2 Å². The summed E-state index contributed by atoms with van der Waals surface area (Å²) >= 11 is 1.54. The highest BCUT2D eigenvalue weighted by Crippen LogP contribution is 2.35. The van der Waals surface area contributed by atoms with Crippen LogP contribution < -0.4 is 21.3 Å². The molecule has 3 aliphatic rings. The molecule has 0 saturated carbocycles. The number of piperazine rings is 1. The molecule has 8 rings (SSSR count). The Bertz CT molecular complexity index is 2160. The second-order valence-electron chi connectivity index (χ2n) is 13.5. The van der Waals surface area contributed by atoms with E-state index in [9.17, 15) is 14.7 Å². The van der Waals surface area contributed by atoms with Gasteiger partial charge in [0.15, 0.2) is 5.82 Å². The average molecular weight is 681 g/mol. The van der Waals surface area contributed by atoms with Crippen LogP contribution in [0.15, 0.2) is 58.6 Å². The quantitative estimate of drug-likeness (QED) is 0.260. The molecule has 5 aromatic rings. The van der Waals surface area contributed by atoms with Crippen LogP contribution in [0.1, 0.15) is 42.7 Å². The van der Waals surface area contributed by atoms with E-state index in [0.29, 0.717) is 51.0 Å². The van der Waals surface area contributed by atoms with Gasteiger partial charge in [-0.3, -0.25) is 14.5 Å². The third kappa shape index (κ3) is 5.64. The molecule has 0 amide bonds. The smallest absolute Gasteiger partial charge is 0.290 e. The maximum atomic E-state index is 13.8. The number of anilines is 3. The molecule has 2 fully saturated rings. The van der Waals surface area contributed by atoms with Crippen LogP contribution in [0.3, 0.4) is 0 Å². The SMILES string of the molecule is C[C@@H]1CN(c2ccc(Nc3cc(-c4ccnc(-n5ncc6c7c(sc6c5=O)CCCC7)c4CO)cn(C)c3=O)nc2)[C@@H](C)CN1C1COC1. The highest BCUT2D eigenvalue weighted by atomic mass is 32.1. The molecular weight excluding hydrogens is 641 g/mol. The molecule has 49 heavy (non-hydrogen) atoms. The molecular formula is C36H40N8O4S. The van der Waals surface area contributed by atoms with Crippen LogP contribution in [0.5, 0.6) is 0 Å². The summed E-state index contributed by atoms with van der Waals surface area (Å²) in [4.78, 5) is 42.4. The van der Waals surface area contributed by atoms with Crippen molar-refractivity contribution in [3.05, 3.63) is 85.8 Å². The number of aliphatic hydroxyl groups is 1. The van der Waals surface area contributed by atoms with Gasteiger partial charge in [0, 0.05) is 66.0 Å². The van der Waals surface area contributed by atoms with E-state index in [1.54, 1.807) is 49.1 Å². The maximum absolute atomic E-state index is 13.8. The third-order valence-electron chi connectivity index (χ3n) is 10.3. The fourth-order valence-electron chi connectivity index (χ4n) is 7.54. The molecule has 0 radical (unpaired) electrons.